The van der Waals surface area contributed by atoms with Crippen molar-refractivity contribution in [2.75, 3.05) is 6.73 Å². The molecule has 0 bridgehead atoms. The first-order valence-electron chi connectivity index (χ1n) is 9.43. The Balaban J connectivity index is 1.71. The largest absolute Gasteiger partial charge is 0.478 e. The zero-order valence-electron chi connectivity index (χ0n) is 15.6. The maximum atomic E-state index is 14.2. The standard InChI is InChI=1S/C22H21ClFNO3/c1-2-3-5-14-10-21(26)28-22-15(14)8-9-20-17(22)12-25(13-27-20)11-16-18(23)6-4-7-19(16)24/h4,6-10H,2-3,5,11-13H2,1H3. The number of fused-ring (bicyclic) bond motifs is 3. The Kier molecular flexibility index (Phi) is 5.38. The van der Waals surface area contributed by atoms with Gasteiger partial charge in [0.2, 0.25) is 0 Å². The van der Waals surface area contributed by atoms with Gasteiger partial charge in [0.05, 0.1) is 5.56 Å². The van der Waals surface area contributed by atoms with Crippen LogP contribution in [-0.2, 0) is 19.5 Å². The molecule has 0 spiro atoms. The zero-order chi connectivity index (χ0) is 19.7. The van der Waals surface area contributed by atoms with E-state index in [-0.39, 0.29) is 11.4 Å². The molecular weight excluding hydrogens is 381 g/mol. The van der Waals surface area contributed by atoms with Gasteiger partial charge in [0.25, 0.3) is 0 Å². The van der Waals surface area contributed by atoms with Gasteiger partial charge in [-0.15, -0.1) is 0 Å². The molecule has 0 atom stereocenters. The number of hydrogen-bond donors (Lipinski definition) is 0. The lowest BCUT2D eigenvalue weighted by Gasteiger charge is -2.29. The second kappa shape index (κ2) is 7.94. The number of ether oxygens (including phenoxy) is 1. The lowest BCUT2D eigenvalue weighted by molar-refractivity contribution is 0.0880. The Morgan fingerprint density at radius 3 is 2.89 bits per heavy atom. The molecular formula is C22H21ClFNO3. The monoisotopic (exact) mass is 401 g/mol. The summed E-state index contributed by atoms with van der Waals surface area (Å²) in [5.41, 5.74) is 2.43. The van der Waals surface area contributed by atoms with E-state index in [1.165, 1.54) is 6.07 Å². The molecule has 0 unspecified atom stereocenters. The van der Waals surface area contributed by atoms with E-state index in [2.05, 4.69) is 6.92 Å². The minimum atomic E-state index is -0.360. The SMILES string of the molecule is CCCCc1cc(=O)oc2c3c(ccc12)OCN(Cc1c(F)cccc1Cl)C3. The van der Waals surface area contributed by atoms with Gasteiger partial charge in [-0.1, -0.05) is 31.0 Å². The smallest absolute Gasteiger partial charge is 0.336 e. The van der Waals surface area contributed by atoms with Crippen LogP contribution in [0.5, 0.6) is 5.75 Å². The molecule has 1 aromatic heterocycles. The molecule has 0 saturated heterocycles. The molecule has 0 fully saturated rings. The number of nitrogens with zero attached hydrogens (tertiary/aromatic N) is 1. The Labute approximate surface area is 167 Å². The molecule has 4 rings (SSSR count). The third kappa shape index (κ3) is 3.64. The third-order valence-electron chi connectivity index (χ3n) is 5.09. The van der Waals surface area contributed by atoms with Crippen molar-refractivity contribution in [3.8, 4) is 5.75 Å². The van der Waals surface area contributed by atoms with Crippen molar-refractivity contribution in [2.45, 2.75) is 39.3 Å². The van der Waals surface area contributed by atoms with Gasteiger partial charge < -0.3 is 9.15 Å². The minimum absolute atomic E-state index is 0.307. The van der Waals surface area contributed by atoms with Crippen molar-refractivity contribution in [1.29, 1.82) is 0 Å². The van der Waals surface area contributed by atoms with Crippen molar-refractivity contribution < 1.29 is 13.5 Å². The molecule has 0 amide bonds. The van der Waals surface area contributed by atoms with Gasteiger partial charge in [-0.25, -0.2) is 9.18 Å². The van der Waals surface area contributed by atoms with Crippen LogP contribution in [0.3, 0.4) is 0 Å². The zero-order valence-corrected chi connectivity index (χ0v) is 16.4. The molecule has 2 heterocycles. The van der Waals surface area contributed by atoms with E-state index in [1.54, 1.807) is 18.2 Å². The van der Waals surface area contributed by atoms with Crippen LogP contribution in [0.1, 0.15) is 36.5 Å². The summed E-state index contributed by atoms with van der Waals surface area (Å²) in [6.45, 7) is 3.22. The van der Waals surface area contributed by atoms with Crippen molar-refractivity contribution in [2.24, 2.45) is 0 Å². The van der Waals surface area contributed by atoms with E-state index >= 15 is 0 Å². The summed E-state index contributed by atoms with van der Waals surface area (Å²) < 4.78 is 25.6. The number of benzene rings is 2. The van der Waals surface area contributed by atoms with E-state index in [0.717, 1.165) is 35.8 Å². The summed E-state index contributed by atoms with van der Waals surface area (Å²) >= 11 is 6.17. The lowest BCUT2D eigenvalue weighted by atomic mass is 10.0. The van der Waals surface area contributed by atoms with Crippen molar-refractivity contribution in [3.05, 3.63) is 74.3 Å². The van der Waals surface area contributed by atoms with Crippen LogP contribution < -0.4 is 10.4 Å². The number of rotatable bonds is 5. The molecule has 1 aliphatic heterocycles. The first-order chi connectivity index (χ1) is 13.6. The quantitative estimate of drug-likeness (QED) is 0.545. The summed E-state index contributed by atoms with van der Waals surface area (Å²) in [5.74, 6) is 0.351. The second-order valence-electron chi connectivity index (χ2n) is 7.07. The fourth-order valence-electron chi connectivity index (χ4n) is 3.63. The van der Waals surface area contributed by atoms with E-state index in [0.29, 0.717) is 41.7 Å². The number of hydrogen-bond acceptors (Lipinski definition) is 4. The van der Waals surface area contributed by atoms with Gasteiger partial charge in [-0.3, -0.25) is 4.90 Å². The number of unbranched alkanes of at least 4 members (excludes halogenated alkanes) is 1. The number of halogens is 2. The van der Waals surface area contributed by atoms with E-state index in [9.17, 15) is 9.18 Å². The van der Waals surface area contributed by atoms with Crippen molar-refractivity contribution in [3.63, 3.8) is 0 Å². The van der Waals surface area contributed by atoms with Crippen molar-refractivity contribution >= 4 is 22.6 Å². The highest BCUT2D eigenvalue weighted by Crippen LogP contribution is 2.34. The molecule has 4 nitrogen and oxygen atoms in total. The summed E-state index contributed by atoms with van der Waals surface area (Å²) in [6, 6.07) is 10.1. The molecule has 6 heteroatoms. The van der Waals surface area contributed by atoms with Crippen LogP contribution in [-0.4, -0.2) is 11.6 Å². The molecule has 2 aromatic carbocycles. The topological polar surface area (TPSA) is 42.7 Å². The van der Waals surface area contributed by atoms with Gasteiger partial charge in [0, 0.05) is 35.1 Å². The molecule has 0 saturated carbocycles. The van der Waals surface area contributed by atoms with Crippen LogP contribution in [0.25, 0.3) is 11.0 Å². The molecule has 28 heavy (non-hydrogen) atoms. The van der Waals surface area contributed by atoms with Gasteiger partial charge in [0.15, 0.2) is 0 Å². The summed E-state index contributed by atoms with van der Waals surface area (Å²) in [6.07, 6.45) is 2.88. The van der Waals surface area contributed by atoms with Crippen LogP contribution >= 0.6 is 11.6 Å². The van der Waals surface area contributed by atoms with E-state index in [4.69, 9.17) is 20.8 Å². The molecule has 0 N–H and O–H groups in total. The first-order valence-corrected chi connectivity index (χ1v) is 9.81. The van der Waals surface area contributed by atoms with Gasteiger partial charge in [0.1, 0.15) is 23.9 Å². The fourth-order valence-corrected chi connectivity index (χ4v) is 3.85. The number of aryl methyl sites for hydroxylation is 1. The normalized spacial score (nSPS) is 14.1. The average Bonchev–Trinajstić information content (AvgIpc) is 2.69. The maximum Gasteiger partial charge on any atom is 0.336 e. The van der Waals surface area contributed by atoms with Crippen LogP contribution in [0.15, 0.2) is 45.6 Å². The molecule has 0 aliphatic carbocycles. The fraction of sp³-hybridized carbons (Fsp3) is 0.318. The molecule has 0 radical (unpaired) electrons. The highest BCUT2D eigenvalue weighted by Gasteiger charge is 2.23. The summed E-state index contributed by atoms with van der Waals surface area (Å²) in [5, 5.41) is 1.32. The lowest BCUT2D eigenvalue weighted by Crippen LogP contribution is -2.32. The van der Waals surface area contributed by atoms with Crippen LogP contribution in [0.4, 0.5) is 4.39 Å². The molecule has 146 valence electrons. The Morgan fingerprint density at radius 1 is 1.25 bits per heavy atom. The van der Waals surface area contributed by atoms with Gasteiger partial charge in [-0.05, 0) is 42.7 Å². The van der Waals surface area contributed by atoms with Gasteiger partial charge >= 0.3 is 5.63 Å². The van der Waals surface area contributed by atoms with Gasteiger partial charge in [-0.2, -0.15) is 0 Å². The molecule has 1 aliphatic rings. The highest BCUT2D eigenvalue weighted by molar-refractivity contribution is 6.31. The second-order valence-corrected chi connectivity index (χ2v) is 7.48. The minimum Gasteiger partial charge on any atom is -0.478 e. The predicted molar refractivity (Wildman–Crippen MR) is 107 cm³/mol. The average molecular weight is 402 g/mol. The van der Waals surface area contributed by atoms with E-state index in [1.807, 2.05) is 17.0 Å². The van der Waals surface area contributed by atoms with Crippen molar-refractivity contribution in [1.82, 2.24) is 4.90 Å². The Bertz CT molecular complexity index is 1060. The predicted octanol–water partition coefficient (Wildman–Crippen LogP) is 5.28. The van der Waals surface area contributed by atoms with E-state index < -0.39 is 0 Å². The summed E-state index contributed by atoms with van der Waals surface area (Å²) in [4.78, 5) is 14.1. The highest BCUT2D eigenvalue weighted by atomic mass is 35.5. The Morgan fingerprint density at radius 2 is 2.11 bits per heavy atom. The maximum absolute atomic E-state index is 14.2. The first kappa shape index (κ1) is 19.0. The summed E-state index contributed by atoms with van der Waals surface area (Å²) in [7, 11) is 0. The third-order valence-corrected chi connectivity index (χ3v) is 5.44. The van der Waals surface area contributed by atoms with Crippen LogP contribution in [0, 0.1) is 5.82 Å². The molecule has 3 aromatic rings. The Hall–Kier alpha value is -2.37. The van der Waals surface area contributed by atoms with Crippen LogP contribution in [0.2, 0.25) is 5.02 Å².